The van der Waals surface area contributed by atoms with E-state index in [1.807, 2.05) is 12.1 Å². The fourth-order valence-corrected chi connectivity index (χ4v) is 0.997. The van der Waals surface area contributed by atoms with E-state index in [1.54, 1.807) is 19.1 Å². The molecule has 1 aromatic rings. The molecule has 3 nitrogen and oxygen atoms in total. The van der Waals surface area contributed by atoms with Gasteiger partial charge in [0, 0.05) is 6.54 Å². The number of carbonyl (C=O) groups is 1. The summed E-state index contributed by atoms with van der Waals surface area (Å²) in [6, 6.07) is 6.90. The Morgan fingerprint density at radius 1 is 1.38 bits per heavy atom. The maximum Gasteiger partial charge on any atom is 0.143 e. The second kappa shape index (κ2) is 4.62. The topological polar surface area (TPSA) is 49.3 Å². The first-order valence-corrected chi connectivity index (χ1v) is 4.16. The molecule has 0 saturated heterocycles. The number of benzene rings is 1. The highest BCUT2D eigenvalue weighted by Gasteiger charge is 1.94. The summed E-state index contributed by atoms with van der Waals surface area (Å²) in [5.74, 6) is 0.383. The van der Waals surface area contributed by atoms with Crippen LogP contribution in [0.2, 0.25) is 0 Å². The minimum atomic E-state index is 0.124. The standard InChI is InChI=1S/C10H13NO2/c1-8(12)6-11-7-9-2-4-10(13)5-3-9/h2-5,11,13H,6-7H2,1H3. The van der Waals surface area contributed by atoms with Gasteiger partial charge in [-0.1, -0.05) is 12.1 Å². The number of aromatic hydroxyl groups is 1. The van der Waals surface area contributed by atoms with Crippen LogP contribution in [0.4, 0.5) is 0 Å². The second-order valence-corrected chi connectivity index (χ2v) is 2.97. The highest BCUT2D eigenvalue weighted by atomic mass is 16.3. The van der Waals surface area contributed by atoms with E-state index in [4.69, 9.17) is 5.11 Å². The van der Waals surface area contributed by atoms with E-state index < -0.39 is 0 Å². The number of phenolic OH excluding ortho intramolecular Hbond substituents is 1. The molecule has 0 fully saturated rings. The predicted molar refractivity (Wildman–Crippen MR) is 50.5 cm³/mol. The fraction of sp³-hybridized carbons (Fsp3) is 0.300. The molecule has 13 heavy (non-hydrogen) atoms. The molecule has 0 aliphatic carbocycles. The van der Waals surface area contributed by atoms with Crippen LogP contribution < -0.4 is 5.32 Å². The van der Waals surface area contributed by atoms with Gasteiger partial charge in [-0.05, 0) is 24.6 Å². The van der Waals surface area contributed by atoms with Crippen molar-refractivity contribution >= 4 is 5.78 Å². The Labute approximate surface area is 77.4 Å². The largest absolute Gasteiger partial charge is 0.508 e. The van der Waals surface area contributed by atoms with E-state index >= 15 is 0 Å². The van der Waals surface area contributed by atoms with Crippen molar-refractivity contribution in [2.45, 2.75) is 13.5 Å². The van der Waals surface area contributed by atoms with Gasteiger partial charge in [-0.15, -0.1) is 0 Å². The number of carbonyl (C=O) groups excluding carboxylic acids is 1. The minimum absolute atomic E-state index is 0.124. The molecule has 3 heteroatoms. The zero-order valence-electron chi connectivity index (χ0n) is 7.58. The van der Waals surface area contributed by atoms with Crippen molar-refractivity contribution in [2.24, 2.45) is 0 Å². The van der Waals surface area contributed by atoms with Crippen molar-refractivity contribution in [1.82, 2.24) is 5.32 Å². The zero-order chi connectivity index (χ0) is 9.68. The average molecular weight is 179 g/mol. The fourth-order valence-electron chi connectivity index (χ4n) is 0.997. The SMILES string of the molecule is CC(=O)CNCc1ccc(O)cc1. The molecule has 70 valence electrons. The first-order chi connectivity index (χ1) is 6.18. The quantitative estimate of drug-likeness (QED) is 0.727. The average Bonchev–Trinajstić information content (AvgIpc) is 2.08. The number of hydrogen-bond acceptors (Lipinski definition) is 3. The summed E-state index contributed by atoms with van der Waals surface area (Å²) in [6.07, 6.45) is 0. The number of hydrogen-bond donors (Lipinski definition) is 2. The van der Waals surface area contributed by atoms with Crippen LogP contribution in [-0.4, -0.2) is 17.4 Å². The van der Waals surface area contributed by atoms with E-state index in [0.29, 0.717) is 13.1 Å². The third kappa shape index (κ3) is 3.71. The summed E-state index contributed by atoms with van der Waals surface area (Å²) in [5.41, 5.74) is 1.05. The second-order valence-electron chi connectivity index (χ2n) is 2.97. The summed E-state index contributed by atoms with van der Waals surface area (Å²) >= 11 is 0. The lowest BCUT2D eigenvalue weighted by atomic mass is 10.2. The smallest absolute Gasteiger partial charge is 0.143 e. The molecule has 0 unspecified atom stereocenters. The summed E-state index contributed by atoms with van der Waals surface area (Å²) < 4.78 is 0. The maximum atomic E-state index is 10.6. The molecule has 1 rings (SSSR count). The van der Waals surface area contributed by atoms with Gasteiger partial charge in [-0.2, -0.15) is 0 Å². The summed E-state index contributed by atoms with van der Waals surface area (Å²) in [7, 11) is 0. The van der Waals surface area contributed by atoms with Crippen molar-refractivity contribution in [1.29, 1.82) is 0 Å². The van der Waals surface area contributed by atoms with Crippen molar-refractivity contribution in [3.63, 3.8) is 0 Å². The number of nitrogens with one attached hydrogen (secondary N) is 1. The Balaban J connectivity index is 2.37. The van der Waals surface area contributed by atoms with E-state index in [0.717, 1.165) is 5.56 Å². The summed E-state index contributed by atoms with van der Waals surface area (Å²) in [6.45, 7) is 2.59. The molecule has 0 saturated carbocycles. The van der Waals surface area contributed by atoms with Crippen LogP contribution in [0.3, 0.4) is 0 Å². The molecule has 0 amide bonds. The van der Waals surface area contributed by atoms with Crippen molar-refractivity contribution in [3.05, 3.63) is 29.8 Å². The lowest BCUT2D eigenvalue weighted by Gasteiger charge is -2.02. The van der Waals surface area contributed by atoms with Gasteiger partial charge in [-0.25, -0.2) is 0 Å². The molecule has 0 heterocycles. The molecule has 0 aromatic heterocycles. The zero-order valence-corrected chi connectivity index (χ0v) is 7.58. The Morgan fingerprint density at radius 3 is 2.54 bits per heavy atom. The highest BCUT2D eigenvalue weighted by Crippen LogP contribution is 2.08. The number of ketones is 1. The van der Waals surface area contributed by atoms with Gasteiger partial charge < -0.3 is 10.4 Å². The van der Waals surface area contributed by atoms with E-state index in [-0.39, 0.29) is 11.5 Å². The summed E-state index contributed by atoms with van der Waals surface area (Å²) in [5, 5.41) is 12.0. The maximum absolute atomic E-state index is 10.6. The van der Waals surface area contributed by atoms with Crippen LogP contribution in [0.5, 0.6) is 5.75 Å². The molecule has 0 radical (unpaired) electrons. The Bertz CT molecular complexity index is 279. The van der Waals surface area contributed by atoms with Crippen LogP contribution in [-0.2, 0) is 11.3 Å². The molecule has 0 atom stereocenters. The molecule has 0 aliphatic heterocycles. The van der Waals surface area contributed by atoms with Crippen LogP contribution in [0.1, 0.15) is 12.5 Å². The van der Waals surface area contributed by atoms with Gasteiger partial charge in [0.1, 0.15) is 11.5 Å². The molecule has 0 aliphatic rings. The number of rotatable bonds is 4. The highest BCUT2D eigenvalue weighted by molar-refractivity contribution is 5.77. The van der Waals surface area contributed by atoms with Gasteiger partial charge >= 0.3 is 0 Å². The first-order valence-electron chi connectivity index (χ1n) is 4.16. The van der Waals surface area contributed by atoms with Crippen molar-refractivity contribution < 1.29 is 9.90 Å². The third-order valence-corrected chi connectivity index (χ3v) is 1.64. The Morgan fingerprint density at radius 2 is 2.00 bits per heavy atom. The van der Waals surface area contributed by atoms with Crippen LogP contribution in [0.25, 0.3) is 0 Å². The molecule has 0 spiro atoms. The number of Topliss-reactive ketones (excluding diaryl/α,β-unsaturated/α-hetero) is 1. The third-order valence-electron chi connectivity index (χ3n) is 1.64. The van der Waals surface area contributed by atoms with Crippen molar-refractivity contribution in [3.8, 4) is 5.75 Å². The Kier molecular flexibility index (Phi) is 3.46. The van der Waals surface area contributed by atoms with Crippen LogP contribution in [0, 0.1) is 0 Å². The van der Waals surface area contributed by atoms with Crippen LogP contribution >= 0.6 is 0 Å². The van der Waals surface area contributed by atoms with Crippen molar-refractivity contribution in [2.75, 3.05) is 6.54 Å². The molecule has 1 aromatic carbocycles. The molecular weight excluding hydrogens is 166 g/mol. The van der Waals surface area contributed by atoms with Gasteiger partial charge in [0.2, 0.25) is 0 Å². The van der Waals surface area contributed by atoms with Gasteiger partial charge in [-0.3, -0.25) is 4.79 Å². The molecule has 0 bridgehead atoms. The lowest BCUT2D eigenvalue weighted by molar-refractivity contribution is -0.116. The van der Waals surface area contributed by atoms with E-state index in [2.05, 4.69) is 5.32 Å². The van der Waals surface area contributed by atoms with Gasteiger partial charge in [0.15, 0.2) is 0 Å². The van der Waals surface area contributed by atoms with Gasteiger partial charge in [0.25, 0.3) is 0 Å². The van der Waals surface area contributed by atoms with E-state index in [9.17, 15) is 4.79 Å². The molecular formula is C10H13NO2. The minimum Gasteiger partial charge on any atom is -0.508 e. The van der Waals surface area contributed by atoms with Crippen LogP contribution in [0.15, 0.2) is 24.3 Å². The van der Waals surface area contributed by atoms with E-state index in [1.165, 1.54) is 0 Å². The van der Waals surface area contributed by atoms with Gasteiger partial charge in [0.05, 0.1) is 6.54 Å². The lowest BCUT2D eigenvalue weighted by Crippen LogP contribution is -2.20. The summed E-state index contributed by atoms with van der Waals surface area (Å²) in [4.78, 5) is 10.6. The molecule has 2 N–H and O–H groups in total. The normalized spacial score (nSPS) is 9.92. The predicted octanol–water partition coefficient (Wildman–Crippen LogP) is 1.07. The Hall–Kier alpha value is -1.35. The first kappa shape index (κ1) is 9.74. The number of phenols is 1. The monoisotopic (exact) mass is 179 g/mol.